The number of rotatable bonds is 5. The molecule has 20 heavy (non-hydrogen) atoms. The van der Waals surface area contributed by atoms with E-state index in [0.717, 1.165) is 24.3 Å². The first-order valence-corrected chi connectivity index (χ1v) is 7.61. The van der Waals surface area contributed by atoms with E-state index in [0.29, 0.717) is 17.7 Å². The second-order valence-electron chi connectivity index (χ2n) is 5.49. The summed E-state index contributed by atoms with van der Waals surface area (Å²) in [7, 11) is 0. The van der Waals surface area contributed by atoms with Gasteiger partial charge in [-0.25, -0.2) is 4.79 Å². The van der Waals surface area contributed by atoms with Crippen molar-refractivity contribution in [2.45, 2.75) is 51.7 Å². The predicted octanol–water partition coefficient (Wildman–Crippen LogP) is 4.52. The molecule has 3 nitrogen and oxygen atoms in total. The van der Waals surface area contributed by atoms with Crippen molar-refractivity contribution in [2.24, 2.45) is 5.92 Å². The second kappa shape index (κ2) is 7.09. The number of carbonyl (C=O) groups is 1. The molecular weight excluding hydrogens is 276 g/mol. The molecular formula is C16H21ClO3. The van der Waals surface area contributed by atoms with Crippen LogP contribution in [0.15, 0.2) is 18.2 Å². The van der Waals surface area contributed by atoms with E-state index in [9.17, 15) is 4.79 Å². The third-order valence-electron chi connectivity index (χ3n) is 4.09. The number of halogens is 1. The Morgan fingerprint density at radius 1 is 1.45 bits per heavy atom. The van der Waals surface area contributed by atoms with Crippen LogP contribution in [-0.2, 0) is 11.3 Å². The first-order chi connectivity index (χ1) is 9.60. The largest absolute Gasteiger partial charge is 0.478 e. The lowest BCUT2D eigenvalue weighted by Crippen LogP contribution is -2.22. The molecule has 1 fully saturated rings. The average molecular weight is 297 g/mol. The Morgan fingerprint density at radius 3 is 2.90 bits per heavy atom. The van der Waals surface area contributed by atoms with E-state index in [1.54, 1.807) is 12.1 Å². The average Bonchev–Trinajstić information content (AvgIpc) is 2.46. The summed E-state index contributed by atoms with van der Waals surface area (Å²) >= 11 is 6.10. The van der Waals surface area contributed by atoms with E-state index in [1.807, 2.05) is 0 Å². The van der Waals surface area contributed by atoms with Gasteiger partial charge in [-0.3, -0.25) is 0 Å². The smallest absolute Gasteiger partial charge is 0.335 e. The first-order valence-electron chi connectivity index (χ1n) is 7.23. The summed E-state index contributed by atoms with van der Waals surface area (Å²) in [5.74, 6) is -0.184. The normalized spacial score (nSPS) is 22.7. The third kappa shape index (κ3) is 3.97. The molecule has 1 aromatic rings. The van der Waals surface area contributed by atoms with Crippen molar-refractivity contribution < 1.29 is 14.6 Å². The van der Waals surface area contributed by atoms with Crippen LogP contribution in [0.4, 0.5) is 0 Å². The van der Waals surface area contributed by atoms with E-state index in [-0.39, 0.29) is 5.56 Å². The summed E-state index contributed by atoms with van der Waals surface area (Å²) in [6.07, 6.45) is 6.31. The molecule has 1 aromatic carbocycles. The number of hydrogen-bond donors (Lipinski definition) is 1. The monoisotopic (exact) mass is 296 g/mol. The van der Waals surface area contributed by atoms with Gasteiger partial charge in [0.15, 0.2) is 0 Å². The van der Waals surface area contributed by atoms with Crippen LogP contribution in [0.2, 0.25) is 5.02 Å². The Morgan fingerprint density at radius 2 is 2.25 bits per heavy atom. The van der Waals surface area contributed by atoms with Crippen LogP contribution < -0.4 is 0 Å². The Bertz CT molecular complexity index is 473. The molecule has 1 N–H and O–H groups in total. The van der Waals surface area contributed by atoms with Crippen molar-refractivity contribution in [3.63, 3.8) is 0 Å². The summed E-state index contributed by atoms with van der Waals surface area (Å²) in [4.78, 5) is 10.8. The minimum Gasteiger partial charge on any atom is -0.478 e. The number of benzene rings is 1. The van der Waals surface area contributed by atoms with E-state index >= 15 is 0 Å². The van der Waals surface area contributed by atoms with Crippen molar-refractivity contribution in [1.82, 2.24) is 0 Å². The van der Waals surface area contributed by atoms with Crippen molar-refractivity contribution >= 4 is 17.6 Å². The highest BCUT2D eigenvalue weighted by Crippen LogP contribution is 2.29. The van der Waals surface area contributed by atoms with Gasteiger partial charge >= 0.3 is 5.97 Å². The van der Waals surface area contributed by atoms with Gasteiger partial charge in [0.2, 0.25) is 0 Å². The number of hydrogen-bond acceptors (Lipinski definition) is 2. The van der Waals surface area contributed by atoms with Crippen molar-refractivity contribution in [2.75, 3.05) is 0 Å². The van der Waals surface area contributed by atoms with Gasteiger partial charge in [-0.1, -0.05) is 43.9 Å². The first kappa shape index (κ1) is 15.3. The lowest BCUT2D eigenvalue weighted by Gasteiger charge is -2.28. The van der Waals surface area contributed by atoms with E-state index in [1.165, 1.54) is 25.3 Å². The fourth-order valence-electron chi connectivity index (χ4n) is 2.77. The Hall–Kier alpha value is -1.06. The number of aromatic carboxylic acids is 1. The molecule has 0 saturated heterocycles. The van der Waals surface area contributed by atoms with E-state index < -0.39 is 5.97 Å². The zero-order valence-electron chi connectivity index (χ0n) is 11.8. The van der Waals surface area contributed by atoms with Crippen molar-refractivity contribution in [3.05, 3.63) is 34.3 Å². The van der Waals surface area contributed by atoms with E-state index in [4.69, 9.17) is 21.4 Å². The molecule has 110 valence electrons. The summed E-state index contributed by atoms with van der Waals surface area (Å²) in [6.45, 7) is 2.69. The fourth-order valence-corrected chi connectivity index (χ4v) is 3.00. The zero-order chi connectivity index (χ0) is 14.5. The van der Waals surface area contributed by atoms with Gasteiger partial charge in [-0.05, 0) is 36.5 Å². The van der Waals surface area contributed by atoms with Crippen LogP contribution in [0.5, 0.6) is 0 Å². The van der Waals surface area contributed by atoms with Crippen LogP contribution in [0.25, 0.3) is 0 Å². The van der Waals surface area contributed by atoms with Crippen molar-refractivity contribution in [1.29, 1.82) is 0 Å². The van der Waals surface area contributed by atoms with Crippen LogP contribution in [0.3, 0.4) is 0 Å². The molecule has 0 bridgehead atoms. The SMILES string of the molecule is CCC1CCCC(OCc2ccc(C(=O)O)cc2Cl)C1. The maximum absolute atomic E-state index is 10.8. The van der Waals surface area contributed by atoms with E-state index in [2.05, 4.69) is 6.92 Å². The Kier molecular flexibility index (Phi) is 5.44. The number of carboxylic acids is 1. The molecule has 2 rings (SSSR count). The number of carboxylic acid groups (broad SMARTS) is 1. The maximum atomic E-state index is 10.8. The maximum Gasteiger partial charge on any atom is 0.335 e. The zero-order valence-corrected chi connectivity index (χ0v) is 12.5. The summed E-state index contributed by atoms with van der Waals surface area (Å²) in [5.41, 5.74) is 1.07. The van der Waals surface area contributed by atoms with Crippen LogP contribution in [-0.4, -0.2) is 17.2 Å². The third-order valence-corrected chi connectivity index (χ3v) is 4.44. The van der Waals surface area contributed by atoms with Gasteiger partial charge in [0.05, 0.1) is 18.3 Å². The lowest BCUT2D eigenvalue weighted by molar-refractivity contribution is 0.00179. The predicted molar refractivity (Wildman–Crippen MR) is 79.2 cm³/mol. The molecule has 0 spiro atoms. The van der Waals surface area contributed by atoms with Crippen molar-refractivity contribution in [3.8, 4) is 0 Å². The Balaban J connectivity index is 1.92. The van der Waals surface area contributed by atoms with Gasteiger partial charge in [-0.15, -0.1) is 0 Å². The molecule has 1 aliphatic carbocycles. The quantitative estimate of drug-likeness (QED) is 0.868. The molecule has 0 aromatic heterocycles. The minimum absolute atomic E-state index is 0.211. The van der Waals surface area contributed by atoms with Crippen LogP contribution in [0, 0.1) is 5.92 Å². The molecule has 2 unspecified atom stereocenters. The fraction of sp³-hybridized carbons (Fsp3) is 0.562. The summed E-state index contributed by atoms with van der Waals surface area (Å²) < 4.78 is 5.95. The molecule has 0 amide bonds. The van der Waals surface area contributed by atoms with Crippen LogP contribution >= 0.6 is 11.6 Å². The summed E-state index contributed by atoms with van der Waals surface area (Å²) in [6, 6.07) is 4.80. The second-order valence-corrected chi connectivity index (χ2v) is 5.89. The van der Waals surface area contributed by atoms with Gasteiger partial charge < -0.3 is 9.84 Å². The number of ether oxygens (including phenoxy) is 1. The highest BCUT2D eigenvalue weighted by Gasteiger charge is 2.21. The Labute approximate surface area is 124 Å². The molecule has 4 heteroatoms. The molecule has 1 aliphatic rings. The highest BCUT2D eigenvalue weighted by atomic mass is 35.5. The minimum atomic E-state index is -0.961. The van der Waals surface area contributed by atoms with Gasteiger partial charge in [0.25, 0.3) is 0 Å². The van der Waals surface area contributed by atoms with Crippen LogP contribution in [0.1, 0.15) is 54.9 Å². The van der Waals surface area contributed by atoms with Gasteiger partial charge in [0.1, 0.15) is 0 Å². The molecule has 0 aliphatic heterocycles. The molecule has 2 atom stereocenters. The molecule has 1 saturated carbocycles. The molecule has 0 heterocycles. The van der Waals surface area contributed by atoms with Gasteiger partial charge in [0, 0.05) is 5.02 Å². The lowest BCUT2D eigenvalue weighted by atomic mass is 9.85. The summed E-state index contributed by atoms with van der Waals surface area (Å²) in [5, 5.41) is 9.37. The standard InChI is InChI=1S/C16H21ClO3/c1-2-11-4-3-5-14(8-11)20-10-13-7-6-12(16(18)19)9-15(13)17/h6-7,9,11,14H,2-5,8,10H2,1H3,(H,18,19). The molecule has 0 radical (unpaired) electrons. The highest BCUT2D eigenvalue weighted by molar-refractivity contribution is 6.31. The van der Waals surface area contributed by atoms with Gasteiger partial charge in [-0.2, -0.15) is 0 Å². The topological polar surface area (TPSA) is 46.5 Å².